The van der Waals surface area contributed by atoms with Crippen molar-refractivity contribution in [2.75, 3.05) is 51.3 Å². The van der Waals surface area contributed by atoms with Crippen molar-refractivity contribution in [3.8, 4) is 0 Å². The molecule has 3 rings (SSSR count). The summed E-state index contributed by atoms with van der Waals surface area (Å²) in [6.45, 7) is 8.71. The molecule has 11 nitrogen and oxygen atoms in total. The van der Waals surface area contributed by atoms with E-state index in [0.717, 1.165) is 25.7 Å². The highest BCUT2D eigenvalue weighted by atomic mass is 32.2. The minimum absolute atomic E-state index is 0.110. The average Bonchev–Trinajstić information content (AvgIpc) is 3.22. The molecule has 1 aromatic carbocycles. The zero-order valence-corrected chi connectivity index (χ0v) is 18.5. The molecular weight excluding hydrogens is 424 g/mol. The van der Waals surface area contributed by atoms with Crippen LogP contribution in [0.5, 0.6) is 0 Å². The van der Waals surface area contributed by atoms with Crippen LogP contribution in [-0.2, 0) is 21.3 Å². The molecule has 1 saturated heterocycles. The number of hydrogen-bond donors (Lipinski definition) is 1. The Kier molecular flexibility index (Phi) is 7.59. The van der Waals surface area contributed by atoms with Gasteiger partial charge >= 0.3 is 0 Å². The molecule has 0 amide bonds. The summed E-state index contributed by atoms with van der Waals surface area (Å²) in [5, 5.41) is 18.9. The monoisotopic (exact) mass is 452 g/mol. The van der Waals surface area contributed by atoms with Gasteiger partial charge in [-0.3, -0.25) is 14.8 Å². The third-order valence-corrected chi connectivity index (χ3v) is 7.12. The first kappa shape index (κ1) is 23.1. The Labute approximate surface area is 181 Å². The number of likely N-dealkylation sites (N-methyl/N-ethyl adjacent to an activating group) is 1. The fourth-order valence-electron chi connectivity index (χ4n) is 3.35. The van der Waals surface area contributed by atoms with Crippen LogP contribution in [0.1, 0.15) is 13.8 Å². The van der Waals surface area contributed by atoms with Crippen LogP contribution < -0.4 is 5.32 Å². The summed E-state index contributed by atoms with van der Waals surface area (Å²) < 4.78 is 33.9. The Hall–Kier alpha value is -2.54. The Balaban J connectivity index is 1.77. The van der Waals surface area contributed by atoms with E-state index < -0.39 is 14.9 Å². The van der Waals surface area contributed by atoms with Gasteiger partial charge < -0.3 is 15.0 Å². The Morgan fingerprint density at radius 1 is 1.26 bits per heavy atom. The van der Waals surface area contributed by atoms with E-state index in [-0.39, 0.29) is 29.4 Å². The summed E-state index contributed by atoms with van der Waals surface area (Å²) >= 11 is 0. The molecule has 12 heteroatoms. The van der Waals surface area contributed by atoms with Crippen LogP contribution in [0.15, 0.2) is 35.5 Å². The average molecular weight is 453 g/mol. The maximum atomic E-state index is 12.8. The minimum Gasteiger partial charge on any atom is -0.379 e. The lowest BCUT2D eigenvalue weighted by molar-refractivity contribution is -0.384. The lowest BCUT2D eigenvalue weighted by atomic mass is 10.2. The number of ether oxygens (including phenoxy) is 1. The topological polar surface area (TPSA) is 123 Å². The van der Waals surface area contributed by atoms with E-state index >= 15 is 0 Å². The molecular formula is C19H28N6O5S. The van der Waals surface area contributed by atoms with Crippen molar-refractivity contribution in [2.45, 2.75) is 25.3 Å². The number of nitro benzene ring substituents is 1. The molecule has 0 unspecified atom stereocenters. The highest BCUT2D eigenvalue weighted by Gasteiger charge is 2.29. The largest absolute Gasteiger partial charge is 0.379 e. The molecule has 0 spiro atoms. The first-order chi connectivity index (χ1) is 14.8. The highest BCUT2D eigenvalue weighted by molar-refractivity contribution is 7.89. The van der Waals surface area contributed by atoms with Gasteiger partial charge in [0, 0.05) is 31.9 Å². The quantitative estimate of drug-likeness (QED) is 0.428. The fourth-order valence-corrected chi connectivity index (χ4v) is 4.78. The van der Waals surface area contributed by atoms with Crippen LogP contribution in [0, 0.1) is 10.1 Å². The van der Waals surface area contributed by atoms with Gasteiger partial charge in [0.25, 0.3) is 5.69 Å². The number of nitrogens with one attached hydrogen (secondary N) is 1. The second-order valence-corrected chi connectivity index (χ2v) is 9.03. The van der Waals surface area contributed by atoms with Gasteiger partial charge in [-0.05, 0) is 25.2 Å². The number of benzene rings is 1. The first-order valence-electron chi connectivity index (χ1n) is 10.2. The van der Waals surface area contributed by atoms with Crippen molar-refractivity contribution in [3.63, 3.8) is 0 Å². The smallest absolute Gasteiger partial charge is 0.294 e. The molecule has 1 aliphatic heterocycles. The zero-order valence-electron chi connectivity index (χ0n) is 17.7. The Bertz CT molecular complexity index is 999. The van der Waals surface area contributed by atoms with Gasteiger partial charge in [-0.2, -0.15) is 9.40 Å². The van der Waals surface area contributed by atoms with E-state index in [4.69, 9.17) is 4.74 Å². The summed E-state index contributed by atoms with van der Waals surface area (Å²) in [5.41, 5.74) is 0.478. The fraction of sp³-hybridized carbons (Fsp3) is 0.526. The number of aromatic nitrogens is 2. The van der Waals surface area contributed by atoms with Crippen LogP contribution >= 0.6 is 0 Å². The maximum Gasteiger partial charge on any atom is 0.294 e. The predicted octanol–water partition coefficient (Wildman–Crippen LogP) is 1.90. The molecule has 0 aliphatic carbocycles. The molecule has 31 heavy (non-hydrogen) atoms. The summed E-state index contributed by atoms with van der Waals surface area (Å²) in [5.74, 6) is 0. The van der Waals surface area contributed by atoms with Crippen molar-refractivity contribution >= 4 is 27.1 Å². The number of rotatable bonds is 10. The van der Waals surface area contributed by atoms with Crippen LogP contribution in [-0.4, -0.2) is 78.3 Å². The molecule has 170 valence electrons. The second-order valence-electron chi connectivity index (χ2n) is 7.10. The molecule has 0 saturated carbocycles. The number of nitrogens with zero attached hydrogens (tertiary/aromatic N) is 5. The molecule has 0 bridgehead atoms. The zero-order chi connectivity index (χ0) is 22.4. The number of hydrogen-bond acceptors (Lipinski definition) is 8. The lowest BCUT2D eigenvalue weighted by Gasteiger charge is -2.26. The van der Waals surface area contributed by atoms with Gasteiger partial charge in [-0.15, -0.1) is 0 Å². The van der Waals surface area contributed by atoms with E-state index in [0.29, 0.717) is 25.4 Å². The summed E-state index contributed by atoms with van der Waals surface area (Å²) in [7, 11) is -3.82. The van der Waals surface area contributed by atoms with E-state index in [1.54, 1.807) is 17.1 Å². The van der Waals surface area contributed by atoms with Gasteiger partial charge in [-0.25, -0.2) is 8.42 Å². The van der Waals surface area contributed by atoms with Crippen molar-refractivity contribution in [3.05, 3.63) is 40.7 Å². The van der Waals surface area contributed by atoms with Gasteiger partial charge in [0.05, 0.1) is 41.5 Å². The molecule has 2 heterocycles. The molecule has 0 radical (unpaired) electrons. The van der Waals surface area contributed by atoms with E-state index in [2.05, 4.69) is 29.2 Å². The number of anilines is 2. The number of morpholine rings is 1. The van der Waals surface area contributed by atoms with Gasteiger partial charge in [0.2, 0.25) is 10.0 Å². The lowest BCUT2D eigenvalue weighted by Crippen LogP contribution is -2.40. The second kappa shape index (κ2) is 10.2. The van der Waals surface area contributed by atoms with Gasteiger partial charge in [0.1, 0.15) is 5.69 Å². The molecule has 0 atom stereocenters. The molecule has 1 N–H and O–H groups in total. The van der Waals surface area contributed by atoms with Crippen LogP contribution in [0.4, 0.5) is 17.1 Å². The summed E-state index contributed by atoms with van der Waals surface area (Å²) in [4.78, 5) is 13.2. The standard InChI is InChI=1S/C19H28N6O5S/c1-3-22(4-2)7-8-23-15-16(14-20-23)21-18-6-5-17(13-19(18)25(26)27)31(28,29)24-9-11-30-12-10-24/h5-6,13-15,21H,3-4,7-12H2,1-2H3. The minimum atomic E-state index is -3.82. The summed E-state index contributed by atoms with van der Waals surface area (Å²) in [6, 6.07) is 3.89. The molecule has 1 aromatic heterocycles. The van der Waals surface area contributed by atoms with E-state index in [9.17, 15) is 18.5 Å². The van der Waals surface area contributed by atoms with E-state index in [1.165, 1.54) is 16.4 Å². The van der Waals surface area contributed by atoms with Crippen molar-refractivity contribution in [2.24, 2.45) is 0 Å². The van der Waals surface area contributed by atoms with Crippen LogP contribution in [0.2, 0.25) is 0 Å². The van der Waals surface area contributed by atoms with Crippen molar-refractivity contribution in [1.29, 1.82) is 0 Å². The first-order valence-corrected chi connectivity index (χ1v) is 11.7. The molecule has 1 aliphatic rings. The number of nitro groups is 1. The highest BCUT2D eigenvalue weighted by Crippen LogP contribution is 2.31. The van der Waals surface area contributed by atoms with Gasteiger partial charge in [0.15, 0.2) is 0 Å². The Morgan fingerprint density at radius 3 is 2.61 bits per heavy atom. The SMILES string of the molecule is CCN(CC)CCn1cc(Nc2ccc(S(=O)(=O)N3CCOCC3)cc2[N+](=O)[O-])cn1. The molecule has 2 aromatic rings. The molecule has 1 fully saturated rings. The third kappa shape index (κ3) is 5.58. The van der Waals surface area contributed by atoms with Crippen molar-refractivity contribution < 1.29 is 18.1 Å². The van der Waals surface area contributed by atoms with Crippen LogP contribution in [0.25, 0.3) is 0 Å². The summed E-state index contributed by atoms with van der Waals surface area (Å²) in [6.07, 6.45) is 3.36. The maximum absolute atomic E-state index is 12.8. The van der Waals surface area contributed by atoms with Gasteiger partial charge in [-0.1, -0.05) is 13.8 Å². The van der Waals surface area contributed by atoms with Crippen molar-refractivity contribution in [1.82, 2.24) is 19.0 Å². The van der Waals surface area contributed by atoms with E-state index in [1.807, 2.05) is 0 Å². The Morgan fingerprint density at radius 2 is 1.97 bits per heavy atom. The predicted molar refractivity (Wildman–Crippen MR) is 116 cm³/mol. The number of sulfonamides is 1. The van der Waals surface area contributed by atoms with Crippen LogP contribution in [0.3, 0.4) is 0 Å². The third-order valence-electron chi connectivity index (χ3n) is 5.23. The normalized spacial score (nSPS) is 15.3.